The molecule has 1 unspecified atom stereocenters. The summed E-state index contributed by atoms with van der Waals surface area (Å²) in [6.07, 6.45) is -0.813. The van der Waals surface area contributed by atoms with Crippen LogP contribution in [0.2, 0.25) is 5.02 Å². The van der Waals surface area contributed by atoms with E-state index in [9.17, 15) is 5.11 Å². The zero-order chi connectivity index (χ0) is 14.5. The molecule has 0 radical (unpaired) electrons. The number of hydrogen-bond donors (Lipinski definition) is 4. The van der Waals surface area contributed by atoms with E-state index in [1.807, 2.05) is 36.4 Å². The Bertz CT molecular complexity index is 590. The maximum Gasteiger partial charge on any atom is 0.0942 e. The lowest BCUT2D eigenvalue weighted by Crippen LogP contribution is -2.23. The van der Waals surface area contributed by atoms with Crippen molar-refractivity contribution in [3.8, 4) is 11.1 Å². The van der Waals surface area contributed by atoms with Gasteiger partial charge in [-0.15, -0.1) is 0 Å². The van der Waals surface area contributed by atoms with E-state index < -0.39 is 6.10 Å². The Kier molecular flexibility index (Phi) is 4.84. The van der Waals surface area contributed by atoms with Crippen LogP contribution in [0.1, 0.15) is 0 Å². The molecule has 0 aromatic heterocycles. The molecule has 0 heterocycles. The fourth-order valence-corrected chi connectivity index (χ4v) is 2.15. The first kappa shape index (κ1) is 14.7. The lowest BCUT2D eigenvalue weighted by atomic mass is 10.0. The van der Waals surface area contributed by atoms with Crippen molar-refractivity contribution < 1.29 is 10.2 Å². The monoisotopic (exact) mass is 292 g/mol. The third-order valence-corrected chi connectivity index (χ3v) is 3.28. The van der Waals surface area contributed by atoms with Gasteiger partial charge in [0.25, 0.3) is 0 Å². The first-order chi connectivity index (χ1) is 9.61. The Morgan fingerprint density at radius 2 is 1.90 bits per heavy atom. The van der Waals surface area contributed by atoms with Crippen LogP contribution in [0.5, 0.6) is 0 Å². The van der Waals surface area contributed by atoms with Gasteiger partial charge in [0.15, 0.2) is 0 Å². The van der Waals surface area contributed by atoms with Gasteiger partial charge in [0, 0.05) is 34.1 Å². The molecule has 2 aromatic rings. The molecule has 0 amide bonds. The molecule has 2 aromatic carbocycles. The number of aliphatic hydroxyl groups is 2. The molecule has 106 valence electrons. The van der Waals surface area contributed by atoms with Crippen molar-refractivity contribution in [2.45, 2.75) is 6.10 Å². The first-order valence-electron chi connectivity index (χ1n) is 6.29. The number of hydrogen-bond acceptors (Lipinski definition) is 4. The van der Waals surface area contributed by atoms with Crippen LogP contribution in [-0.2, 0) is 0 Å². The summed E-state index contributed by atoms with van der Waals surface area (Å²) in [7, 11) is 0. The topological polar surface area (TPSA) is 78.5 Å². The van der Waals surface area contributed by atoms with Crippen molar-refractivity contribution in [1.29, 1.82) is 0 Å². The highest BCUT2D eigenvalue weighted by Crippen LogP contribution is 2.34. The summed E-state index contributed by atoms with van der Waals surface area (Å²) in [4.78, 5) is 0. The lowest BCUT2D eigenvalue weighted by Gasteiger charge is -2.16. The second-order valence-electron chi connectivity index (χ2n) is 4.50. The van der Waals surface area contributed by atoms with E-state index in [1.165, 1.54) is 0 Å². The maximum absolute atomic E-state index is 9.43. The van der Waals surface area contributed by atoms with Crippen LogP contribution in [0, 0.1) is 0 Å². The summed E-state index contributed by atoms with van der Waals surface area (Å²) >= 11 is 6.22. The minimum atomic E-state index is -0.813. The van der Waals surface area contributed by atoms with E-state index in [4.69, 9.17) is 22.4 Å². The summed E-state index contributed by atoms with van der Waals surface area (Å²) in [6, 6.07) is 12.9. The van der Waals surface area contributed by atoms with Gasteiger partial charge in [-0.2, -0.15) is 0 Å². The molecule has 0 fully saturated rings. The third-order valence-electron chi connectivity index (χ3n) is 2.95. The van der Waals surface area contributed by atoms with Gasteiger partial charge < -0.3 is 21.3 Å². The van der Waals surface area contributed by atoms with Crippen LogP contribution in [-0.4, -0.2) is 29.5 Å². The summed E-state index contributed by atoms with van der Waals surface area (Å²) < 4.78 is 0. The van der Waals surface area contributed by atoms with Gasteiger partial charge in [-0.25, -0.2) is 0 Å². The predicted octanol–water partition coefficient (Wildman–Crippen LogP) is 2.35. The third kappa shape index (κ3) is 3.42. The molecule has 0 spiro atoms. The second kappa shape index (κ2) is 6.61. The van der Waals surface area contributed by atoms with E-state index in [0.717, 1.165) is 16.8 Å². The number of rotatable bonds is 5. The number of anilines is 2. The molecule has 0 bridgehead atoms. The van der Waals surface area contributed by atoms with E-state index in [1.54, 1.807) is 6.07 Å². The van der Waals surface area contributed by atoms with Crippen LogP contribution < -0.4 is 11.1 Å². The quantitative estimate of drug-likeness (QED) is 0.638. The molecule has 2 rings (SSSR count). The van der Waals surface area contributed by atoms with Gasteiger partial charge in [-0.3, -0.25) is 0 Å². The zero-order valence-corrected chi connectivity index (χ0v) is 11.6. The summed E-state index contributed by atoms with van der Waals surface area (Å²) in [5, 5.41) is 22.0. The highest BCUT2D eigenvalue weighted by atomic mass is 35.5. The largest absolute Gasteiger partial charge is 0.399 e. The average Bonchev–Trinajstić information content (AvgIpc) is 2.46. The van der Waals surface area contributed by atoms with Crippen LogP contribution in [0.15, 0.2) is 42.5 Å². The fraction of sp³-hybridized carbons (Fsp3) is 0.200. The summed E-state index contributed by atoms with van der Waals surface area (Å²) in [5.74, 6) is 0. The number of halogens is 1. The molecule has 0 saturated carbocycles. The zero-order valence-electron chi connectivity index (χ0n) is 10.9. The van der Waals surface area contributed by atoms with Crippen molar-refractivity contribution in [3.63, 3.8) is 0 Å². The van der Waals surface area contributed by atoms with Crippen molar-refractivity contribution in [2.75, 3.05) is 24.2 Å². The number of nitrogen functional groups attached to an aromatic ring is 1. The highest BCUT2D eigenvalue weighted by Gasteiger charge is 2.10. The normalized spacial score (nSPS) is 12.2. The summed E-state index contributed by atoms with van der Waals surface area (Å²) in [5.41, 5.74) is 9.00. The van der Waals surface area contributed by atoms with Gasteiger partial charge in [0.05, 0.1) is 12.7 Å². The van der Waals surface area contributed by atoms with Gasteiger partial charge in [-0.1, -0.05) is 29.8 Å². The SMILES string of the molecule is Nc1ccc(NCC(O)CO)c(-c2ccccc2Cl)c1. The molecule has 20 heavy (non-hydrogen) atoms. The molecule has 5 N–H and O–H groups in total. The van der Waals surface area contributed by atoms with Crippen LogP contribution in [0.25, 0.3) is 11.1 Å². The number of nitrogens with two attached hydrogens (primary N) is 1. The number of aliphatic hydroxyl groups excluding tert-OH is 2. The van der Waals surface area contributed by atoms with E-state index in [0.29, 0.717) is 10.7 Å². The standard InChI is InChI=1S/C15H17ClN2O2/c16-14-4-2-1-3-12(14)13-7-10(17)5-6-15(13)18-8-11(20)9-19/h1-7,11,18-20H,8-9,17H2. The van der Waals surface area contributed by atoms with Crippen molar-refractivity contribution in [3.05, 3.63) is 47.5 Å². The predicted molar refractivity (Wildman–Crippen MR) is 82.9 cm³/mol. The number of benzene rings is 2. The van der Waals surface area contributed by atoms with Crippen LogP contribution in [0.4, 0.5) is 11.4 Å². The fourth-order valence-electron chi connectivity index (χ4n) is 1.91. The van der Waals surface area contributed by atoms with Crippen LogP contribution >= 0.6 is 11.6 Å². The van der Waals surface area contributed by atoms with Gasteiger partial charge >= 0.3 is 0 Å². The Hall–Kier alpha value is -1.75. The van der Waals surface area contributed by atoms with Gasteiger partial charge in [-0.05, 0) is 24.3 Å². The molecular formula is C15H17ClN2O2. The molecule has 0 saturated heterocycles. The van der Waals surface area contributed by atoms with Gasteiger partial charge in [0.1, 0.15) is 0 Å². The lowest BCUT2D eigenvalue weighted by molar-refractivity contribution is 0.105. The maximum atomic E-state index is 9.43. The van der Waals surface area contributed by atoms with E-state index >= 15 is 0 Å². The second-order valence-corrected chi connectivity index (χ2v) is 4.91. The van der Waals surface area contributed by atoms with E-state index in [-0.39, 0.29) is 13.2 Å². The van der Waals surface area contributed by atoms with Crippen LogP contribution in [0.3, 0.4) is 0 Å². The smallest absolute Gasteiger partial charge is 0.0942 e. The molecular weight excluding hydrogens is 276 g/mol. The van der Waals surface area contributed by atoms with Crippen molar-refractivity contribution in [1.82, 2.24) is 0 Å². The number of nitrogens with one attached hydrogen (secondary N) is 1. The molecule has 5 heteroatoms. The Labute approximate surface area is 122 Å². The highest BCUT2D eigenvalue weighted by molar-refractivity contribution is 6.33. The first-order valence-corrected chi connectivity index (χ1v) is 6.67. The Morgan fingerprint density at radius 3 is 2.60 bits per heavy atom. The van der Waals surface area contributed by atoms with Gasteiger partial charge in [0.2, 0.25) is 0 Å². The molecule has 0 aliphatic carbocycles. The summed E-state index contributed by atoms with van der Waals surface area (Å²) in [6.45, 7) is -0.0404. The average molecular weight is 293 g/mol. The minimum absolute atomic E-state index is 0.248. The van der Waals surface area contributed by atoms with Crippen molar-refractivity contribution >= 4 is 23.0 Å². The minimum Gasteiger partial charge on any atom is -0.399 e. The van der Waals surface area contributed by atoms with E-state index in [2.05, 4.69) is 5.32 Å². The molecule has 0 aliphatic rings. The Morgan fingerprint density at radius 1 is 1.15 bits per heavy atom. The molecule has 4 nitrogen and oxygen atoms in total. The van der Waals surface area contributed by atoms with Crippen molar-refractivity contribution in [2.24, 2.45) is 0 Å². The Balaban J connectivity index is 2.36. The molecule has 1 atom stereocenters. The molecule has 0 aliphatic heterocycles.